The molecule has 1 saturated carbocycles. The van der Waals surface area contributed by atoms with Crippen LogP contribution >= 0.6 is 23.2 Å². The van der Waals surface area contributed by atoms with E-state index >= 15 is 0 Å². The number of halogens is 2. The summed E-state index contributed by atoms with van der Waals surface area (Å²) in [5.74, 6) is -1.19. The van der Waals surface area contributed by atoms with E-state index < -0.39 is 28.1 Å². The fourth-order valence-electron chi connectivity index (χ4n) is 4.39. The molecule has 1 heterocycles. The average Bonchev–Trinajstić information content (AvgIpc) is 3.32. The molecular weight excluding hydrogens is 527 g/mol. The Bertz CT molecular complexity index is 1170. The first-order chi connectivity index (χ1) is 17.0. The molecule has 2 N–H and O–H groups in total. The normalized spacial score (nSPS) is 15.3. The van der Waals surface area contributed by atoms with Crippen molar-refractivity contribution < 1.29 is 22.7 Å². The number of esters is 1. The Morgan fingerprint density at radius 2 is 1.69 bits per heavy atom. The number of carbonyl (C=O) groups excluding carboxylic acids is 2. The fourth-order valence-corrected chi connectivity index (χ4v) is 6.75. The smallest absolute Gasteiger partial charge is 0.324 e. The molecule has 1 aliphatic carbocycles. The van der Waals surface area contributed by atoms with E-state index in [9.17, 15) is 18.0 Å². The number of nitrogens with zero attached hydrogens (tertiary/aromatic N) is 2. The molecule has 3 rings (SSSR count). The predicted molar refractivity (Wildman–Crippen MR) is 139 cm³/mol. The van der Waals surface area contributed by atoms with Crippen molar-refractivity contribution in [2.24, 2.45) is 0 Å². The molecule has 0 radical (unpaired) electrons. The maximum Gasteiger partial charge on any atom is 0.324 e. The fraction of sp³-hybridized carbons (Fsp3) is 0.458. The number of pyridine rings is 1. The Morgan fingerprint density at radius 3 is 2.22 bits per heavy atom. The van der Waals surface area contributed by atoms with Gasteiger partial charge in [-0.25, -0.2) is 0 Å². The van der Waals surface area contributed by atoms with E-state index in [4.69, 9.17) is 27.9 Å². The lowest BCUT2D eigenvalue weighted by atomic mass is 10.1. The number of hydrogen-bond acceptors (Lipinski definition) is 6. The first kappa shape index (κ1) is 28.3. The summed E-state index contributed by atoms with van der Waals surface area (Å²) < 4.78 is 35.4. The number of hydrogen-bond donors (Lipinski definition) is 2. The van der Waals surface area contributed by atoms with Crippen LogP contribution < -0.4 is 10.0 Å². The molecular formula is C24H30Cl2N4O5S. The number of methoxy groups -OCH3 is 1. The van der Waals surface area contributed by atoms with Gasteiger partial charge in [0.05, 0.1) is 22.7 Å². The monoisotopic (exact) mass is 556 g/mol. The molecule has 1 aromatic heterocycles. The van der Waals surface area contributed by atoms with Crippen LogP contribution in [0.5, 0.6) is 0 Å². The van der Waals surface area contributed by atoms with Crippen molar-refractivity contribution >= 4 is 51.0 Å². The molecule has 196 valence electrons. The molecule has 9 nitrogen and oxygen atoms in total. The summed E-state index contributed by atoms with van der Waals surface area (Å²) in [6.07, 6.45) is 6.27. The molecule has 36 heavy (non-hydrogen) atoms. The van der Waals surface area contributed by atoms with Crippen molar-refractivity contribution in [1.82, 2.24) is 14.0 Å². The number of carbonyl (C=O) groups is 2. The largest absolute Gasteiger partial charge is 0.468 e. The van der Waals surface area contributed by atoms with Crippen molar-refractivity contribution in [2.75, 3.05) is 12.4 Å². The average molecular weight is 557 g/mol. The predicted octanol–water partition coefficient (Wildman–Crippen LogP) is 4.21. The number of nitrogens with one attached hydrogen (secondary N) is 2. The summed E-state index contributed by atoms with van der Waals surface area (Å²) in [7, 11) is -2.73. The summed E-state index contributed by atoms with van der Waals surface area (Å²) in [4.78, 5) is 28.9. The summed E-state index contributed by atoms with van der Waals surface area (Å²) in [6.45, 7) is 3.65. The van der Waals surface area contributed by atoms with Crippen LogP contribution in [0.2, 0.25) is 10.0 Å². The number of anilines is 1. The van der Waals surface area contributed by atoms with Gasteiger partial charge < -0.3 is 10.1 Å². The van der Waals surface area contributed by atoms with E-state index in [0.717, 1.165) is 25.7 Å². The summed E-state index contributed by atoms with van der Waals surface area (Å²) >= 11 is 12.1. The van der Waals surface area contributed by atoms with Crippen LogP contribution in [0.1, 0.15) is 55.5 Å². The van der Waals surface area contributed by atoms with Crippen LogP contribution in [-0.4, -0.2) is 54.8 Å². The van der Waals surface area contributed by atoms with E-state index in [1.54, 1.807) is 24.3 Å². The number of aromatic nitrogens is 1. The zero-order valence-electron chi connectivity index (χ0n) is 20.3. The summed E-state index contributed by atoms with van der Waals surface area (Å²) in [5.41, 5.74) is 1.24. The standard InChI is InChI=1S/C24H30Cl2N4O5S/c1-15(2)30(18-6-4-5-7-18)36(33,34)29-21(24(32)35-3)12-16-8-10-17(11-9-16)28-23(31)22-19(25)13-27-14-20(22)26/h8-11,13-15,18,21,29H,4-7,12H2,1-3H3,(H,28,31). The van der Waals surface area contributed by atoms with Crippen molar-refractivity contribution in [3.8, 4) is 0 Å². The molecule has 2 aromatic rings. The topological polar surface area (TPSA) is 118 Å². The Labute approximate surface area is 221 Å². The Hall–Kier alpha value is -2.24. The minimum absolute atomic E-state index is 0.0682. The van der Waals surface area contributed by atoms with Gasteiger partial charge in [-0.15, -0.1) is 0 Å². The van der Waals surface area contributed by atoms with Gasteiger partial charge in [0.15, 0.2) is 0 Å². The van der Waals surface area contributed by atoms with Gasteiger partial charge in [0.1, 0.15) is 6.04 Å². The first-order valence-corrected chi connectivity index (χ1v) is 13.8. The van der Waals surface area contributed by atoms with Crippen molar-refractivity contribution in [1.29, 1.82) is 0 Å². The maximum atomic E-state index is 13.3. The third kappa shape index (κ3) is 6.95. The van der Waals surface area contributed by atoms with Gasteiger partial charge in [-0.05, 0) is 50.8 Å². The highest BCUT2D eigenvalue weighted by Crippen LogP contribution is 2.28. The zero-order valence-corrected chi connectivity index (χ0v) is 22.7. The second-order valence-corrected chi connectivity index (χ2v) is 11.3. The summed E-state index contributed by atoms with van der Waals surface area (Å²) in [5, 5.41) is 2.95. The van der Waals surface area contributed by atoms with Crippen LogP contribution in [0.15, 0.2) is 36.7 Å². The number of benzene rings is 1. The molecule has 0 aliphatic heterocycles. The quantitative estimate of drug-likeness (QED) is 0.423. The number of ether oxygens (including phenoxy) is 1. The third-order valence-electron chi connectivity index (χ3n) is 5.98. The Kier molecular flexibility index (Phi) is 9.71. The van der Waals surface area contributed by atoms with Crippen LogP contribution in [-0.2, 0) is 26.2 Å². The van der Waals surface area contributed by atoms with E-state index in [-0.39, 0.29) is 34.1 Å². The minimum Gasteiger partial charge on any atom is -0.468 e. The number of amides is 1. The van der Waals surface area contributed by atoms with E-state index in [1.807, 2.05) is 13.8 Å². The lowest BCUT2D eigenvalue weighted by Crippen LogP contribution is -2.54. The highest BCUT2D eigenvalue weighted by molar-refractivity contribution is 7.87. The molecule has 1 fully saturated rings. The highest BCUT2D eigenvalue weighted by Gasteiger charge is 2.37. The minimum atomic E-state index is -3.95. The van der Waals surface area contributed by atoms with Crippen LogP contribution in [0, 0.1) is 0 Å². The molecule has 0 bridgehead atoms. The number of rotatable bonds is 10. The molecule has 12 heteroatoms. The van der Waals surface area contributed by atoms with Gasteiger partial charge in [0, 0.05) is 30.2 Å². The molecule has 1 atom stereocenters. The van der Waals surface area contributed by atoms with Gasteiger partial charge in [-0.2, -0.15) is 17.4 Å². The summed E-state index contributed by atoms with van der Waals surface area (Å²) in [6, 6.07) is 5.19. The van der Waals surface area contributed by atoms with Gasteiger partial charge in [-0.1, -0.05) is 48.2 Å². The molecule has 1 unspecified atom stereocenters. The Morgan fingerprint density at radius 1 is 1.11 bits per heavy atom. The maximum absolute atomic E-state index is 13.3. The van der Waals surface area contributed by atoms with E-state index in [0.29, 0.717) is 11.3 Å². The third-order valence-corrected chi connectivity index (χ3v) is 8.41. The van der Waals surface area contributed by atoms with Crippen LogP contribution in [0.4, 0.5) is 5.69 Å². The molecule has 0 spiro atoms. The second kappa shape index (κ2) is 12.3. The SMILES string of the molecule is COC(=O)C(Cc1ccc(NC(=O)c2c(Cl)cncc2Cl)cc1)NS(=O)(=O)N(C(C)C)C1CCCC1. The lowest BCUT2D eigenvalue weighted by molar-refractivity contribution is -0.142. The van der Waals surface area contributed by atoms with E-state index in [2.05, 4.69) is 15.0 Å². The molecule has 0 saturated heterocycles. The molecule has 1 aromatic carbocycles. The van der Waals surface area contributed by atoms with Crippen LogP contribution in [0.3, 0.4) is 0 Å². The van der Waals surface area contributed by atoms with Gasteiger partial charge >= 0.3 is 5.97 Å². The molecule has 1 aliphatic rings. The second-order valence-electron chi connectivity index (χ2n) is 8.89. The van der Waals surface area contributed by atoms with Crippen LogP contribution in [0.25, 0.3) is 0 Å². The van der Waals surface area contributed by atoms with Crippen molar-refractivity contribution in [3.05, 3.63) is 57.8 Å². The Balaban J connectivity index is 1.73. The molecule has 1 amide bonds. The van der Waals surface area contributed by atoms with Crippen molar-refractivity contribution in [3.63, 3.8) is 0 Å². The van der Waals surface area contributed by atoms with Gasteiger partial charge in [0.25, 0.3) is 16.1 Å². The van der Waals surface area contributed by atoms with E-state index in [1.165, 1.54) is 23.8 Å². The zero-order chi connectivity index (χ0) is 26.5. The first-order valence-electron chi connectivity index (χ1n) is 11.6. The van der Waals surface area contributed by atoms with Gasteiger partial charge in [-0.3, -0.25) is 14.6 Å². The lowest BCUT2D eigenvalue weighted by Gasteiger charge is -2.32. The highest BCUT2D eigenvalue weighted by atomic mass is 35.5. The van der Waals surface area contributed by atoms with Gasteiger partial charge in [0.2, 0.25) is 0 Å². The van der Waals surface area contributed by atoms with Crippen molar-refractivity contribution in [2.45, 2.75) is 64.1 Å².